The molecule has 124 valence electrons. The highest BCUT2D eigenvalue weighted by atomic mass is 32.2. The molecule has 0 aromatic heterocycles. The van der Waals surface area contributed by atoms with Crippen molar-refractivity contribution in [2.75, 3.05) is 14.2 Å². The molecule has 0 spiro atoms. The van der Waals surface area contributed by atoms with E-state index in [0.29, 0.717) is 22.3 Å². The highest BCUT2D eigenvalue weighted by Gasteiger charge is 2.22. The van der Waals surface area contributed by atoms with Crippen LogP contribution in [0.2, 0.25) is 0 Å². The maximum Gasteiger partial charge on any atom is 0.210 e. The van der Waals surface area contributed by atoms with Gasteiger partial charge in [0.2, 0.25) is 9.84 Å². The number of hydrogen-bond donors (Lipinski definition) is 1. The third-order valence-corrected chi connectivity index (χ3v) is 5.58. The Morgan fingerprint density at radius 2 is 1.42 bits per heavy atom. The summed E-state index contributed by atoms with van der Waals surface area (Å²) in [4.78, 5) is -0.0446. The maximum absolute atomic E-state index is 12.8. The molecule has 6 heteroatoms. The van der Waals surface area contributed by atoms with Gasteiger partial charge in [-0.05, 0) is 59.3 Å². The van der Waals surface area contributed by atoms with E-state index in [1.54, 1.807) is 37.4 Å². The van der Waals surface area contributed by atoms with Crippen molar-refractivity contribution < 1.29 is 23.0 Å². The Morgan fingerprint density at radius 3 is 2.04 bits per heavy atom. The van der Waals surface area contributed by atoms with Crippen LogP contribution in [-0.2, 0) is 9.84 Å². The summed E-state index contributed by atoms with van der Waals surface area (Å²) >= 11 is 0. The molecule has 0 aliphatic carbocycles. The summed E-state index contributed by atoms with van der Waals surface area (Å²) in [5.74, 6) is 0.892. The highest BCUT2D eigenvalue weighted by molar-refractivity contribution is 7.91. The molecule has 0 amide bonds. The molecule has 5 nitrogen and oxygen atoms in total. The minimum absolute atomic E-state index is 0.0893. The number of ether oxygens (including phenoxy) is 2. The number of sulfone groups is 1. The third kappa shape index (κ3) is 2.76. The maximum atomic E-state index is 12.8. The van der Waals surface area contributed by atoms with Gasteiger partial charge in [0.15, 0.2) is 0 Å². The van der Waals surface area contributed by atoms with Gasteiger partial charge < -0.3 is 14.6 Å². The number of fused-ring (bicyclic) bond motifs is 1. The zero-order valence-electron chi connectivity index (χ0n) is 13.2. The van der Waals surface area contributed by atoms with Crippen LogP contribution in [0.25, 0.3) is 10.8 Å². The molecule has 0 saturated carbocycles. The molecule has 0 saturated heterocycles. The standard InChI is InChI=1S/C18H16O5S/c1-22-14-5-7-16(8-6-14)24(20,21)18-11-12-3-4-15(23-2)9-13(12)10-17(18)19/h3-11,19H,1-2H3. The molecule has 0 heterocycles. The Balaban J connectivity index is 2.14. The molecular formula is C18H16O5S. The van der Waals surface area contributed by atoms with Crippen molar-refractivity contribution in [2.24, 2.45) is 0 Å². The monoisotopic (exact) mass is 344 g/mol. The summed E-state index contributed by atoms with van der Waals surface area (Å²) in [6.45, 7) is 0. The smallest absolute Gasteiger partial charge is 0.210 e. The Hall–Kier alpha value is -2.73. The van der Waals surface area contributed by atoms with E-state index in [1.165, 1.54) is 31.4 Å². The first kappa shape index (κ1) is 16.1. The fourth-order valence-electron chi connectivity index (χ4n) is 2.47. The van der Waals surface area contributed by atoms with Gasteiger partial charge in [-0.3, -0.25) is 0 Å². The van der Waals surface area contributed by atoms with Crippen LogP contribution < -0.4 is 9.47 Å². The molecule has 0 radical (unpaired) electrons. The van der Waals surface area contributed by atoms with Crippen molar-refractivity contribution in [3.05, 3.63) is 54.6 Å². The molecule has 0 unspecified atom stereocenters. The lowest BCUT2D eigenvalue weighted by Gasteiger charge is -2.10. The number of benzene rings is 3. The molecule has 1 N–H and O–H groups in total. The summed E-state index contributed by atoms with van der Waals surface area (Å²) < 4.78 is 35.8. The second-order valence-electron chi connectivity index (χ2n) is 5.21. The average Bonchev–Trinajstić information content (AvgIpc) is 2.60. The summed E-state index contributed by atoms with van der Waals surface area (Å²) in [6, 6.07) is 14.1. The minimum Gasteiger partial charge on any atom is -0.507 e. The number of phenols is 1. The van der Waals surface area contributed by atoms with Crippen molar-refractivity contribution in [1.29, 1.82) is 0 Å². The summed E-state index contributed by atoms with van der Waals surface area (Å²) in [7, 11) is -0.787. The summed E-state index contributed by atoms with van der Waals surface area (Å²) in [5, 5.41) is 11.6. The molecule has 0 aliphatic rings. The molecule has 3 aromatic rings. The van der Waals surface area contributed by atoms with E-state index in [4.69, 9.17) is 9.47 Å². The number of phenolic OH excluding ortho intramolecular Hbond substituents is 1. The van der Waals surface area contributed by atoms with Gasteiger partial charge in [0.25, 0.3) is 0 Å². The molecular weight excluding hydrogens is 328 g/mol. The quantitative estimate of drug-likeness (QED) is 0.785. The fraction of sp³-hybridized carbons (Fsp3) is 0.111. The first-order valence-electron chi connectivity index (χ1n) is 7.15. The molecule has 3 aromatic carbocycles. The van der Waals surface area contributed by atoms with Crippen molar-refractivity contribution >= 4 is 20.6 Å². The number of rotatable bonds is 4. The van der Waals surface area contributed by atoms with Gasteiger partial charge in [0.05, 0.1) is 19.1 Å². The van der Waals surface area contributed by atoms with E-state index in [-0.39, 0.29) is 15.5 Å². The zero-order valence-corrected chi connectivity index (χ0v) is 14.0. The lowest BCUT2D eigenvalue weighted by molar-refractivity contribution is 0.414. The predicted octanol–water partition coefficient (Wildman–Crippen LogP) is 3.40. The van der Waals surface area contributed by atoms with Crippen molar-refractivity contribution in [3.63, 3.8) is 0 Å². The second kappa shape index (κ2) is 6.05. The van der Waals surface area contributed by atoms with Gasteiger partial charge in [0, 0.05) is 0 Å². The number of methoxy groups -OCH3 is 2. The minimum atomic E-state index is -3.84. The normalized spacial score (nSPS) is 11.4. The summed E-state index contributed by atoms with van der Waals surface area (Å²) in [6.07, 6.45) is 0. The van der Waals surface area contributed by atoms with Crippen LogP contribution in [0.3, 0.4) is 0 Å². The first-order chi connectivity index (χ1) is 11.5. The largest absolute Gasteiger partial charge is 0.507 e. The topological polar surface area (TPSA) is 72.8 Å². The van der Waals surface area contributed by atoms with Crippen molar-refractivity contribution in [3.8, 4) is 17.2 Å². The second-order valence-corrected chi connectivity index (χ2v) is 7.13. The predicted molar refractivity (Wildman–Crippen MR) is 90.6 cm³/mol. The van der Waals surface area contributed by atoms with E-state index in [1.807, 2.05) is 0 Å². The van der Waals surface area contributed by atoms with Crippen molar-refractivity contribution in [1.82, 2.24) is 0 Å². The van der Waals surface area contributed by atoms with Gasteiger partial charge in [0.1, 0.15) is 22.1 Å². The van der Waals surface area contributed by atoms with Crippen LogP contribution in [0.5, 0.6) is 17.2 Å². The van der Waals surface area contributed by atoms with Crippen LogP contribution in [0.4, 0.5) is 0 Å². The number of aromatic hydroxyl groups is 1. The molecule has 0 fully saturated rings. The van der Waals surface area contributed by atoms with Crippen LogP contribution in [-0.4, -0.2) is 27.7 Å². The van der Waals surface area contributed by atoms with Gasteiger partial charge in [-0.15, -0.1) is 0 Å². The Bertz CT molecular complexity index is 992. The average molecular weight is 344 g/mol. The Morgan fingerprint density at radius 1 is 0.792 bits per heavy atom. The fourth-order valence-corrected chi connectivity index (χ4v) is 3.83. The van der Waals surface area contributed by atoms with Crippen LogP contribution in [0.15, 0.2) is 64.4 Å². The van der Waals surface area contributed by atoms with Gasteiger partial charge >= 0.3 is 0 Å². The zero-order chi connectivity index (χ0) is 17.3. The lowest BCUT2D eigenvalue weighted by atomic mass is 10.1. The van der Waals surface area contributed by atoms with E-state index in [9.17, 15) is 13.5 Å². The van der Waals surface area contributed by atoms with E-state index < -0.39 is 9.84 Å². The van der Waals surface area contributed by atoms with Gasteiger partial charge in [-0.2, -0.15) is 0 Å². The van der Waals surface area contributed by atoms with Crippen molar-refractivity contribution in [2.45, 2.75) is 9.79 Å². The lowest BCUT2D eigenvalue weighted by Crippen LogP contribution is -2.02. The SMILES string of the molecule is COc1ccc(S(=O)(=O)c2cc3ccc(OC)cc3cc2O)cc1. The molecule has 3 rings (SSSR count). The van der Waals surface area contributed by atoms with E-state index in [2.05, 4.69) is 0 Å². The van der Waals surface area contributed by atoms with Crippen LogP contribution in [0.1, 0.15) is 0 Å². The van der Waals surface area contributed by atoms with E-state index in [0.717, 1.165) is 0 Å². The summed E-state index contributed by atoms with van der Waals surface area (Å²) in [5.41, 5.74) is 0. The van der Waals surface area contributed by atoms with Crippen LogP contribution in [0, 0.1) is 0 Å². The van der Waals surface area contributed by atoms with Gasteiger partial charge in [-0.25, -0.2) is 8.42 Å². The molecule has 0 bridgehead atoms. The Labute approximate surface area is 140 Å². The molecule has 24 heavy (non-hydrogen) atoms. The molecule has 0 atom stereocenters. The number of hydrogen-bond acceptors (Lipinski definition) is 5. The third-order valence-electron chi connectivity index (χ3n) is 3.78. The highest BCUT2D eigenvalue weighted by Crippen LogP contribution is 2.34. The molecule has 0 aliphatic heterocycles. The Kier molecular flexibility index (Phi) is 4.07. The van der Waals surface area contributed by atoms with E-state index >= 15 is 0 Å². The van der Waals surface area contributed by atoms with Crippen LogP contribution >= 0.6 is 0 Å². The first-order valence-corrected chi connectivity index (χ1v) is 8.64. The van der Waals surface area contributed by atoms with Gasteiger partial charge in [-0.1, -0.05) is 6.07 Å².